The van der Waals surface area contributed by atoms with Gasteiger partial charge in [-0.1, -0.05) is 18.2 Å². The lowest BCUT2D eigenvalue weighted by Gasteiger charge is -2.03. The smallest absolute Gasteiger partial charge is 0.139 e. The molecule has 0 radical (unpaired) electrons. The molecule has 0 aliphatic carbocycles. The lowest BCUT2D eigenvalue weighted by molar-refractivity contribution is 0.617. The normalized spacial score (nSPS) is 11.5. The molecule has 0 amide bonds. The molecule has 1 aromatic carbocycles. The monoisotopic (exact) mass is 277 g/mol. The molecule has 3 heterocycles. The van der Waals surface area contributed by atoms with E-state index in [0.29, 0.717) is 5.82 Å². The summed E-state index contributed by atoms with van der Waals surface area (Å²) in [5, 5.41) is 1.03. The maximum Gasteiger partial charge on any atom is 0.139 e. The van der Waals surface area contributed by atoms with E-state index in [-0.39, 0.29) is 0 Å². The second-order valence-electron chi connectivity index (χ2n) is 5.36. The second-order valence-corrected chi connectivity index (χ2v) is 5.36. The van der Waals surface area contributed by atoms with Gasteiger partial charge in [0.25, 0.3) is 0 Å². The number of hydrogen-bond donors (Lipinski definition) is 1. The van der Waals surface area contributed by atoms with Crippen LogP contribution in [0.5, 0.6) is 0 Å². The van der Waals surface area contributed by atoms with Gasteiger partial charge in [0.2, 0.25) is 0 Å². The van der Waals surface area contributed by atoms with Crippen LogP contribution < -0.4 is 5.73 Å². The van der Waals surface area contributed by atoms with Gasteiger partial charge in [-0.05, 0) is 37.6 Å². The van der Waals surface area contributed by atoms with E-state index >= 15 is 0 Å². The zero-order valence-corrected chi connectivity index (χ0v) is 11.9. The number of nitrogens with two attached hydrogens (primary N) is 1. The predicted octanol–water partition coefficient (Wildman–Crippen LogP) is 3.95. The van der Waals surface area contributed by atoms with Crippen molar-refractivity contribution in [2.45, 2.75) is 13.8 Å². The Morgan fingerprint density at radius 3 is 2.81 bits per heavy atom. The topological polar surface area (TPSA) is 56.5 Å². The van der Waals surface area contributed by atoms with Gasteiger partial charge in [0.05, 0.1) is 5.56 Å². The summed E-state index contributed by atoms with van der Waals surface area (Å²) in [6.07, 6.45) is 1.73. The minimum atomic E-state index is 0.647. The number of nitrogens with zero attached hydrogens (tertiary/aromatic N) is 2. The molecule has 0 aliphatic heterocycles. The Bertz CT molecular complexity index is 978. The van der Waals surface area contributed by atoms with Crippen LogP contribution in [0.1, 0.15) is 11.3 Å². The Morgan fingerprint density at radius 1 is 1.14 bits per heavy atom. The van der Waals surface area contributed by atoms with Crippen molar-refractivity contribution >= 4 is 22.4 Å². The van der Waals surface area contributed by atoms with Crippen molar-refractivity contribution < 1.29 is 4.42 Å². The highest BCUT2D eigenvalue weighted by molar-refractivity contribution is 5.96. The third-order valence-corrected chi connectivity index (χ3v) is 3.82. The standard InChI is InChI=1S/C17H15N3O/c1-10-7-11(2)20-15(8-10)19-16(17(20)18)13-9-21-14-6-4-3-5-12(13)14/h3-9H,18H2,1-2H3. The Labute approximate surface area is 121 Å². The number of anilines is 1. The van der Waals surface area contributed by atoms with Gasteiger partial charge in [0, 0.05) is 11.1 Å². The van der Waals surface area contributed by atoms with Gasteiger partial charge in [0.1, 0.15) is 29.0 Å². The lowest BCUT2D eigenvalue weighted by atomic mass is 10.1. The fourth-order valence-corrected chi connectivity index (χ4v) is 2.92. The van der Waals surface area contributed by atoms with Crippen molar-refractivity contribution in [3.63, 3.8) is 0 Å². The first-order chi connectivity index (χ1) is 10.1. The quantitative estimate of drug-likeness (QED) is 0.573. The molecule has 0 bridgehead atoms. The molecule has 4 nitrogen and oxygen atoms in total. The molecule has 4 heteroatoms. The summed E-state index contributed by atoms with van der Waals surface area (Å²) >= 11 is 0. The van der Waals surface area contributed by atoms with Crippen molar-refractivity contribution in [2.75, 3.05) is 5.73 Å². The zero-order valence-electron chi connectivity index (χ0n) is 11.9. The third kappa shape index (κ3) is 1.65. The zero-order chi connectivity index (χ0) is 14.6. The van der Waals surface area contributed by atoms with Crippen molar-refractivity contribution in [3.05, 3.63) is 53.9 Å². The van der Waals surface area contributed by atoms with Gasteiger partial charge in [0.15, 0.2) is 0 Å². The molecule has 4 aromatic rings. The number of nitrogen functional groups attached to an aromatic ring is 1. The number of rotatable bonds is 1. The molecule has 3 aromatic heterocycles. The highest BCUT2D eigenvalue weighted by atomic mass is 16.3. The molecule has 2 N–H and O–H groups in total. The molecular formula is C17H15N3O. The van der Waals surface area contributed by atoms with Crippen LogP contribution in [0.25, 0.3) is 27.9 Å². The summed E-state index contributed by atoms with van der Waals surface area (Å²) in [6.45, 7) is 4.10. The number of furan rings is 1. The first-order valence-electron chi connectivity index (χ1n) is 6.87. The SMILES string of the molecule is Cc1cc(C)n2c(N)c(-c3coc4ccccc34)nc2c1. The molecule has 0 saturated carbocycles. The fraction of sp³-hybridized carbons (Fsp3) is 0.118. The summed E-state index contributed by atoms with van der Waals surface area (Å²) in [7, 11) is 0. The van der Waals surface area contributed by atoms with Crippen molar-refractivity contribution in [1.82, 2.24) is 9.38 Å². The molecule has 104 valence electrons. The van der Waals surface area contributed by atoms with Crippen LogP contribution in [-0.2, 0) is 0 Å². The van der Waals surface area contributed by atoms with Gasteiger partial charge in [-0.15, -0.1) is 0 Å². The van der Waals surface area contributed by atoms with Gasteiger partial charge in [-0.2, -0.15) is 0 Å². The molecule has 0 fully saturated rings. The van der Waals surface area contributed by atoms with Crippen LogP contribution in [-0.4, -0.2) is 9.38 Å². The second kappa shape index (κ2) is 4.12. The van der Waals surface area contributed by atoms with Crippen LogP contribution in [0.15, 0.2) is 47.1 Å². The molecule has 0 unspecified atom stereocenters. The summed E-state index contributed by atoms with van der Waals surface area (Å²) in [5.74, 6) is 0.647. The largest absolute Gasteiger partial charge is 0.464 e. The van der Waals surface area contributed by atoms with Gasteiger partial charge in [-0.3, -0.25) is 4.40 Å². The van der Waals surface area contributed by atoms with E-state index in [4.69, 9.17) is 15.1 Å². The molecular weight excluding hydrogens is 262 g/mol. The Hall–Kier alpha value is -2.75. The van der Waals surface area contributed by atoms with Crippen LogP contribution >= 0.6 is 0 Å². The minimum Gasteiger partial charge on any atom is -0.464 e. The number of aryl methyl sites for hydroxylation is 2. The van der Waals surface area contributed by atoms with E-state index in [0.717, 1.165) is 33.6 Å². The summed E-state index contributed by atoms with van der Waals surface area (Å²) in [4.78, 5) is 4.70. The first-order valence-corrected chi connectivity index (χ1v) is 6.87. The predicted molar refractivity (Wildman–Crippen MR) is 84.3 cm³/mol. The Morgan fingerprint density at radius 2 is 1.95 bits per heavy atom. The Balaban J connectivity index is 2.07. The average molecular weight is 277 g/mol. The highest BCUT2D eigenvalue weighted by Crippen LogP contribution is 2.34. The number of hydrogen-bond acceptors (Lipinski definition) is 3. The number of benzene rings is 1. The minimum absolute atomic E-state index is 0.647. The van der Waals surface area contributed by atoms with Crippen LogP contribution in [0.3, 0.4) is 0 Å². The number of imidazole rings is 1. The van der Waals surface area contributed by atoms with Crippen molar-refractivity contribution in [1.29, 1.82) is 0 Å². The molecule has 21 heavy (non-hydrogen) atoms. The van der Waals surface area contributed by atoms with E-state index < -0.39 is 0 Å². The van der Waals surface area contributed by atoms with E-state index in [1.807, 2.05) is 41.7 Å². The lowest BCUT2D eigenvalue weighted by Crippen LogP contribution is -1.98. The van der Waals surface area contributed by atoms with E-state index in [1.54, 1.807) is 6.26 Å². The Kier molecular flexibility index (Phi) is 2.36. The fourth-order valence-electron chi connectivity index (χ4n) is 2.92. The van der Waals surface area contributed by atoms with Crippen LogP contribution in [0, 0.1) is 13.8 Å². The third-order valence-electron chi connectivity index (χ3n) is 3.82. The van der Waals surface area contributed by atoms with Crippen LogP contribution in [0.4, 0.5) is 5.82 Å². The molecule has 0 atom stereocenters. The summed E-state index contributed by atoms with van der Waals surface area (Å²) < 4.78 is 7.58. The number of para-hydroxylation sites is 1. The maximum absolute atomic E-state index is 6.33. The van der Waals surface area contributed by atoms with Gasteiger partial charge < -0.3 is 10.2 Å². The van der Waals surface area contributed by atoms with E-state index in [9.17, 15) is 0 Å². The summed E-state index contributed by atoms with van der Waals surface area (Å²) in [5.41, 5.74) is 12.0. The molecule has 0 aliphatic rings. The van der Waals surface area contributed by atoms with Crippen LogP contribution in [0.2, 0.25) is 0 Å². The first kappa shape index (κ1) is 12.0. The maximum atomic E-state index is 6.33. The molecule has 0 saturated heterocycles. The molecule has 4 rings (SSSR count). The van der Waals surface area contributed by atoms with E-state index in [2.05, 4.69) is 13.0 Å². The van der Waals surface area contributed by atoms with Crippen molar-refractivity contribution in [2.24, 2.45) is 0 Å². The van der Waals surface area contributed by atoms with Crippen molar-refractivity contribution in [3.8, 4) is 11.3 Å². The highest BCUT2D eigenvalue weighted by Gasteiger charge is 2.17. The number of aromatic nitrogens is 2. The molecule has 0 spiro atoms. The number of fused-ring (bicyclic) bond motifs is 2. The van der Waals surface area contributed by atoms with Gasteiger partial charge >= 0.3 is 0 Å². The average Bonchev–Trinajstić information content (AvgIpc) is 3.00. The van der Waals surface area contributed by atoms with Gasteiger partial charge in [-0.25, -0.2) is 4.98 Å². The number of pyridine rings is 1. The van der Waals surface area contributed by atoms with E-state index in [1.165, 1.54) is 5.56 Å². The summed E-state index contributed by atoms with van der Waals surface area (Å²) in [6, 6.07) is 12.0.